The van der Waals surface area contributed by atoms with Gasteiger partial charge >= 0.3 is 5.97 Å². The lowest BCUT2D eigenvalue weighted by molar-refractivity contribution is -0.147. The van der Waals surface area contributed by atoms with Gasteiger partial charge in [0.25, 0.3) is 5.91 Å². The summed E-state index contributed by atoms with van der Waals surface area (Å²) < 4.78 is 30.6. The fourth-order valence-corrected chi connectivity index (χ4v) is 5.30. The van der Waals surface area contributed by atoms with Crippen molar-refractivity contribution in [3.8, 4) is 11.5 Å². The highest BCUT2D eigenvalue weighted by atomic mass is 32.2. The van der Waals surface area contributed by atoms with Crippen LogP contribution in [0.15, 0.2) is 72.8 Å². The van der Waals surface area contributed by atoms with Crippen molar-refractivity contribution in [2.75, 3.05) is 19.5 Å². The summed E-state index contributed by atoms with van der Waals surface area (Å²) in [6.45, 7) is 2.26. The van der Waals surface area contributed by atoms with Gasteiger partial charge < -0.3 is 19.1 Å². The molecule has 3 aromatic rings. The average molecular weight is 496 g/mol. The standard InChI is InChI=1S/C27H26FNO5S/c1-3-33-27(31)22-17-35-26(29(22)25(30)19-10-7-11-21(28)14-19)20-12-13-23(32-2)24(15-20)34-16-18-8-5-4-6-9-18/h4-15,22,26H,3,16-17H2,1-2H3/t22-,26+/m0/s1. The zero-order valence-corrected chi connectivity index (χ0v) is 20.3. The van der Waals surface area contributed by atoms with Gasteiger partial charge in [-0.3, -0.25) is 4.79 Å². The smallest absolute Gasteiger partial charge is 0.329 e. The summed E-state index contributed by atoms with van der Waals surface area (Å²) in [7, 11) is 1.56. The average Bonchev–Trinajstić information content (AvgIpc) is 3.33. The summed E-state index contributed by atoms with van der Waals surface area (Å²) in [6, 6.07) is 19.8. The summed E-state index contributed by atoms with van der Waals surface area (Å²) in [5.74, 6) is -0.0178. The second-order valence-corrected chi connectivity index (χ2v) is 8.97. The first-order valence-electron chi connectivity index (χ1n) is 11.2. The van der Waals surface area contributed by atoms with Crippen LogP contribution in [0.4, 0.5) is 4.39 Å². The minimum Gasteiger partial charge on any atom is -0.493 e. The maximum Gasteiger partial charge on any atom is 0.329 e. The van der Waals surface area contributed by atoms with E-state index in [4.69, 9.17) is 14.2 Å². The van der Waals surface area contributed by atoms with Crippen LogP contribution >= 0.6 is 11.8 Å². The molecule has 0 unspecified atom stereocenters. The molecule has 0 bridgehead atoms. The molecule has 6 nitrogen and oxygen atoms in total. The van der Waals surface area contributed by atoms with Gasteiger partial charge in [0.15, 0.2) is 11.5 Å². The van der Waals surface area contributed by atoms with Gasteiger partial charge in [-0.25, -0.2) is 9.18 Å². The molecule has 1 aliphatic rings. The second kappa shape index (κ2) is 11.3. The van der Waals surface area contributed by atoms with Crippen LogP contribution in [-0.4, -0.2) is 42.3 Å². The summed E-state index contributed by atoms with van der Waals surface area (Å²) in [6.07, 6.45) is 0. The first-order chi connectivity index (χ1) is 17.0. The van der Waals surface area contributed by atoms with E-state index in [0.29, 0.717) is 23.9 Å². The highest BCUT2D eigenvalue weighted by Crippen LogP contribution is 2.44. The van der Waals surface area contributed by atoms with E-state index < -0.39 is 29.1 Å². The van der Waals surface area contributed by atoms with E-state index >= 15 is 0 Å². The van der Waals surface area contributed by atoms with Crippen LogP contribution in [0.1, 0.15) is 33.8 Å². The maximum atomic E-state index is 13.9. The van der Waals surface area contributed by atoms with Crippen molar-refractivity contribution in [1.82, 2.24) is 4.90 Å². The fraction of sp³-hybridized carbons (Fsp3) is 0.259. The van der Waals surface area contributed by atoms with Crippen molar-refractivity contribution in [3.63, 3.8) is 0 Å². The van der Waals surface area contributed by atoms with E-state index in [2.05, 4.69) is 0 Å². The third-order valence-corrected chi connectivity index (χ3v) is 6.90. The zero-order valence-electron chi connectivity index (χ0n) is 19.5. The Morgan fingerprint density at radius 2 is 1.83 bits per heavy atom. The van der Waals surface area contributed by atoms with Crippen molar-refractivity contribution >= 4 is 23.6 Å². The Morgan fingerprint density at radius 3 is 2.54 bits per heavy atom. The van der Waals surface area contributed by atoms with Gasteiger partial charge in [0, 0.05) is 11.3 Å². The first-order valence-corrected chi connectivity index (χ1v) is 12.3. The Kier molecular flexibility index (Phi) is 7.92. The normalized spacial score (nSPS) is 17.2. The van der Waals surface area contributed by atoms with E-state index in [0.717, 1.165) is 11.1 Å². The molecular weight excluding hydrogens is 469 g/mol. The Labute approximate surface area is 208 Å². The molecule has 1 amide bonds. The molecule has 0 N–H and O–H groups in total. The van der Waals surface area contributed by atoms with Gasteiger partial charge in [-0.15, -0.1) is 11.8 Å². The van der Waals surface area contributed by atoms with Gasteiger partial charge in [0.05, 0.1) is 13.7 Å². The lowest BCUT2D eigenvalue weighted by atomic mass is 10.1. The third kappa shape index (κ3) is 5.59. The number of carbonyl (C=O) groups is 2. The topological polar surface area (TPSA) is 65.1 Å². The summed E-state index contributed by atoms with van der Waals surface area (Å²) >= 11 is 1.44. The predicted octanol–water partition coefficient (Wildman–Crippen LogP) is 5.23. The van der Waals surface area contributed by atoms with Crippen LogP contribution in [0.25, 0.3) is 0 Å². The number of hydrogen-bond acceptors (Lipinski definition) is 6. The van der Waals surface area contributed by atoms with Gasteiger partial charge in [-0.1, -0.05) is 42.5 Å². The van der Waals surface area contributed by atoms with Crippen LogP contribution in [-0.2, 0) is 16.1 Å². The van der Waals surface area contributed by atoms with Crippen molar-refractivity contribution in [2.45, 2.75) is 24.9 Å². The van der Waals surface area contributed by atoms with Crippen LogP contribution in [0.3, 0.4) is 0 Å². The molecule has 1 aliphatic heterocycles. The van der Waals surface area contributed by atoms with Crippen molar-refractivity contribution in [1.29, 1.82) is 0 Å². The number of esters is 1. The van der Waals surface area contributed by atoms with Crippen LogP contribution in [0.2, 0.25) is 0 Å². The number of carbonyl (C=O) groups excluding carboxylic acids is 2. The Balaban J connectivity index is 1.66. The number of thioether (sulfide) groups is 1. The van der Waals surface area contributed by atoms with Crippen molar-refractivity contribution < 1.29 is 28.2 Å². The van der Waals surface area contributed by atoms with Crippen LogP contribution in [0.5, 0.6) is 11.5 Å². The van der Waals surface area contributed by atoms with Crippen molar-refractivity contribution in [3.05, 3.63) is 95.3 Å². The largest absolute Gasteiger partial charge is 0.493 e. The number of rotatable bonds is 8. The van der Waals surface area contributed by atoms with E-state index in [9.17, 15) is 14.0 Å². The number of halogens is 1. The molecule has 3 aromatic carbocycles. The van der Waals surface area contributed by atoms with E-state index in [-0.39, 0.29) is 12.2 Å². The van der Waals surface area contributed by atoms with Gasteiger partial charge in [-0.2, -0.15) is 0 Å². The summed E-state index contributed by atoms with van der Waals surface area (Å²) in [5, 5.41) is -0.495. The highest BCUT2D eigenvalue weighted by molar-refractivity contribution is 7.99. The molecule has 0 radical (unpaired) electrons. The van der Waals surface area contributed by atoms with E-state index in [1.807, 2.05) is 42.5 Å². The number of nitrogens with zero attached hydrogens (tertiary/aromatic N) is 1. The minimum absolute atomic E-state index is 0.167. The first kappa shape index (κ1) is 24.6. The zero-order chi connectivity index (χ0) is 24.8. The molecule has 0 aliphatic carbocycles. The quantitative estimate of drug-likeness (QED) is 0.399. The minimum atomic E-state index is -0.795. The monoisotopic (exact) mass is 495 g/mol. The Morgan fingerprint density at radius 1 is 1.03 bits per heavy atom. The molecule has 182 valence electrons. The Hall–Kier alpha value is -3.52. The molecule has 2 atom stereocenters. The lowest BCUT2D eigenvalue weighted by Crippen LogP contribution is -2.43. The van der Waals surface area contributed by atoms with Crippen molar-refractivity contribution in [2.24, 2.45) is 0 Å². The molecule has 1 fully saturated rings. The molecule has 0 saturated carbocycles. The molecule has 0 spiro atoms. The predicted molar refractivity (Wildman–Crippen MR) is 132 cm³/mol. The third-order valence-electron chi connectivity index (χ3n) is 5.58. The molecule has 8 heteroatoms. The highest BCUT2D eigenvalue weighted by Gasteiger charge is 2.43. The van der Waals surface area contributed by atoms with Gasteiger partial charge in [0.2, 0.25) is 0 Å². The van der Waals surface area contributed by atoms with E-state index in [1.54, 1.807) is 20.1 Å². The number of methoxy groups -OCH3 is 1. The maximum absolute atomic E-state index is 13.9. The second-order valence-electron chi connectivity index (χ2n) is 7.86. The molecule has 35 heavy (non-hydrogen) atoms. The van der Waals surface area contributed by atoms with Crippen LogP contribution < -0.4 is 9.47 Å². The molecule has 4 rings (SSSR count). The number of ether oxygens (including phenoxy) is 3. The van der Waals surface area contributed by atoms with Crippen LogP contribution in [0, 0.1) is 5.82 Å². The fourth-order valence-electron chi connectivity index (χ4n) is 3.90. The molecular formula is C27H26FNO5S. The molecule has 0 aromatic heterocycles. The molecule has 1 saturated heterocycles. The SMILES string of the molecule is CCOC(=O)[C@@H]1CS[C@H](c2ccc(OC)c(OCc3ccccc3)c2)N1C(=O)c1cccc(F)c1. The number of benzene rings is 3. The summed E-state index contributed by atoms with van der Waals surface area (Å²) in [4.78, 5) is 27.7. The molecule has 1 heterocycles. The lowest BCUT2D eigenvalue weighted by Gasteiger charge is -2.29. The number of hydrogen-bond donors (Lipinski definition) is 0. The van der Waals surface area contributed by atoms with Gasteiger partial charge in [0.1, 0.15) is 23.8 Å². The van der Waals surface area contributed by atoms with Gasteiger partial charge in [-0.05, 0) is 48.4 Å². The summed E-state index contributed by atoms with van der Waals surface area (Å²) in [5.41, 5.74) is 1.93. The number of amides is 1. The Bertz CT molecular complexity index is 1190. The van der Waals surface area contributed by atoms with E-state index in [1.165, 1.54) is 40.9 Å².